The van der Waals surface area contributed by atoms with E-state index in [0.29, 0.717) is 29.2 Å². The van der Waals surface area contributed by atoms with E-state index in [9.17, 15) is 4.79 Å². The molecule has 0 spiro atoms. The van der Waals surface area contributed by atoms with Gasteiger partial charge in [0.1, 0.15) is 17.0 Å². The predicted molar refractivity (Wildman–Crippen MR) is 115 cm³/mol. The fraction of sp³-hybridized carbons (Fsp3) is 0.125. The molecule has 0 radical (unpaired) electrons. The summed E-state index contributed by atoms with van der Waals surface area (Å²) in [7, 11) is 0. The number of ether oxygens (including phenoxy) is 1. The van der Waals surface area contributed by atoms with Crippen molar-refractivity contribution in [3.05, 3.63) is 90.4 Å². The quantitative estimate of drug-likeness (QED) is 0.431. The van der Waals surface area contributed by atoms with Gasteiger partial charge in [-0.05, 0) is 24.6 Å². The van der Waals surface area contributed by atoms with Crippen molar-refractivity contribution in [3.8, 4) is 22.4 Å². The lowest BCUT2D eigenvalue weighted by Crippen LogP contribution is -2.15. The van der Waals surface area contributed by atoms with Gasteiger partial charge in [0.15, 0.2) is 5.82 Å². The number of carbonyl (C=O) groups excluding carboxylic acids is 1. The van der Waals surface area contributed by atoms with Crippen LogP contribution in [0.4, 0.5) is 5.82 Å². The largest absolute Gasteiger partial charge is 0.467 e. The monoisotopic (exact) mass is 399 g/mol. The number of hydrogen-bond donors (Lipinski definition) is 1. The van der Waals surface area contributed by atoms with Gasteiger partial charge < -0.3 is 14.5 Å². The van der Waals surface area contributed by atoms with Crippen molar-refractivity contribution >= 4 is 11.8 Å². The number of esters is 1. The van der Waals surface area contributed by atoms with E-state index in [2.05, 4.69) is 15.5 Å². The van der Waals surface area contributed by atoms with Crippen LogP contribution in [0, 0.1) is 0 Å². The molecule has 6 nitrogen and oxygen atoms in total. The van der Waals surface area contributed by atoms with Crippen LogP contribution in [0.25, 0.3) is 22.4 Å². The first-order valence-corrected chi connectivity index (χ1v) is 9.72. The molecular formula is C24H21N3O3. The van der Waals surface area contributed by atoms with Crippen molar-refractivity contribution < 1.29 is 13.9 Å². The average Bonchev–Trinajstić information content (AvgIpc) is 3.32. The van der Waals surface area contributed by atoms with Crippen LogP contribution < -0.4 is 5.32 Å². The molecule has 0 aliphatic carbocycles. The zero-order chi connectivity index (χ0) is 20.8. The molecule has 0 bridgehead atoms. The summed E-state index contributed by atoms with van der Waals surface area (Å²) in [6.07, 6.45) is 1.60. The summed E-state index contributed by atoms with van der Waals surface area (Å²) >= 11 is 0. The van der Waals surface area contributed by atoms with Gasteiger partial charge in [0, 0.05) is 11.1 Å². The molecule has 150 valence electrons. The summed E-state index contributed by atoms with van der Waals surface area (Å²) in [5.74, 6) is 0.619. The smallest absolute Gasteiger partial charge is 0.342 e. The minimum Gasteiger partial charge on any atom is -0.467 e. The van der Waals surface area contributed by atoms with Crippen molar-refractivity contribution in [2.24, 2.45) is 0 Å². The molecule has 6 heteroatoms. The van der Waals surface area contributed by atoms with E-state index in [1.165, 1.54) is 0 Å². The number of aromatic nitrogens is 2. The highest BCUT2D eigenvalue weighted by molar-refractivity contribution is 6.05. The lowest BCUT2D eigenvalue weighted by atomic mass is 9.95. The number of nitrogens with zero attached hydrogens (tertiary/aromatic N) is 2. The van der Waals surface area contributed by atoms with Gasteiger partial charge in [-0.2, -0.15) is 0 Å². The molecule has 2 heterocycles. The van der Waals surface area contributed by atoms with E-state index >= 15 is 0 Å². The van der Waals surface area contributed by atoms with E-state index < -0.39 is 5.97 Å². The first-order valence-electron chi connectivity index (χ1n) is 9.72. The van der Waals surface area contributed by atoms with E-state index in [1.807, 2.05) is 72.8 Å². The number of anilines is 1. The number of benzene rings is 2. The van der Waals surface area contributed by atoms with Crippen LogP contribution in [0.5, 0.6) is 0 Å². The summed E-state index contributed by atoms with van der Waals surface area (Å²) in [5.41, 5.74) is 3.37. The van der Waals surface area contributed by atoms with Gasteiger partial charge in [-0.1, -0.05) is 60.7 Å². The maximum absolute atomic E-state index is 13.1. The van der Waals surface area contributed by atoms with Crippen molar-refractivity contribution in [1.29, 1.82) is 0 Å². The second-order valence-electron chi connectivity index (χ2n) is 6.53. The van der Waals surface area contributed by atoms with Gasteiger partial charge >= 0.3 is 5.97 Å². The third-order valence-corrected chi connectivity index (χ3v) is 4.57. The molecule has 0 saturated heterocycles. The number of hydrogen-bond acceptors (Lipinski definition) is 6. The van der Waals surface area contributed by atoms with E-state index in [0.717, 1.165) is 16.9 Å². The summed E-state index contributed by atoms with van der Waals surface area (Å²) in [5, 5.41) is 12.0. The molecule has 0 fully saturated rings. The first-order chi connectivity index (χ1) is 14.8. The fourth-order valence-electron chi connectivity index (χ4n) is 3.23. The Morgan fingerprint density at radius 3 is 2.27 bits per heavy atom. The normalized spacial score (nSPS) is 10.6. The molecule has 0 aliphatic heterocycles. The molecule has 0 atom stereocenters. The van der Waals surface area contributed by atoms with Crippen LogP contribution in [0.1, 0.15) is 23.0 Å². The second kappa shape index (κ2) is 9.05. The number of carbonyl (C=O) groups is 1. The Morgan fingerprint density at radius 2 is 1.63 bits per heavy atom. The Bertz CT molecular complexity index is 1110. The van der Waals surface area contributed by atoms with Crippen LogP contribution in [-0.2, 0) is 11.3 Å². The van der Waals surface area contributed by atoms with Crippen molar-refractivity contribution in [3.63, 3.8) is 0 Å². The van der Waals surface area contributed by atoms with Crippen molar-refractivity contribution in [1.82, 2.24) is 10.2 Å². The third kappa shape index (κ3) is 4.07. The number of furan rings is 1. The van der Waals surface area contributed by atoms with E-state index in [4.69, 9.17) is 9.15 Å². The number of nitrogens with one attached hydrogen (secondary N) is 1. The molecule has 0 amide bonds. The zero-order valence-corrected chi connectivity index (χ0v) is 16.5. The van der Waals surface area contributed by atoms with Gasteiger partial charge in [0.25, 0.3) is 0 Å². The summed E-state index contributed by atoms with van der Waals surface area (Å²) in [4.78, 5) is 13.1. The molecule has 0 saturated carbocycles. The second-order valence-corrected chi connectivity index (χ2v) is 6.53. The summed E-state index contributed by atoms with van der Waals surface area (Å²) in [6.45, 7) is 2.41. The zero-order valence-electron chi connectivity index (χ0n) is 16.5. The molecular weight excluding hydrogens is 378 g/mol. The molecule has 1 N–H and O–H groups in total. The summed E-state index contributed by atoms with van der Waals surface area (Å²) in [6, 6.07) is 23.0. The minimum atomic E-state index is -0.453. The summed E-state index contributed by atoms with van der Waals surface area (Å²) < 4.78 is 10.8. The average molecular weight is 399 g/mol. The maximum atomic E-state index is 13.1. The third-order valence-electron chi connectivity index (χ3n) is 4.57. The predicted octanol–water partition coefficient (Wildman–Crippen LogP) is 5.19. The van der Waals surface area contributed by atoms with Gasteiger partial charge in [-0.15, -0.1) is 10.2 Å². The van der Waals surface area contributed by atoms with Gasteiger partial charge in [0.05, 0.1) is 19.4 Å². The Balaban J connectivity index is 1.90. The highest BCUT2D eigenvalue weighted by Crippen LogP contribution is 2.36. The molecule has 4 rings (SSSR count). The molecule has 0 unspecified atom stereocenters. The Morgan fingerprint density at radius 1 is 0.933 bits per heavy atom. The van der Waals surface area contributed by atoms with Crippen molar-refractivity contribution in [2.75, 3.05) is 11.9 Å². The standard InChI is InChI=1S/C24H21N3O3/c1-2-29-24(28)21-20(17-10-5-3-6-11-17)22(18-12-7-4-8-13-18)26-27-23(21)25-16-19-14-9-15-30-19/h3-15H,2,16H2,1H3,(H,25,27). The van der Waals surface area contributed by atoms with Crippen LogP contribution >= 0.6 is 0 Å². The Labute approximate surface area is 174 Å². The first kappa shape index (κ1) is 19.4. The highest BCUT2D eigenvalue weighted by Gasteiger charge is 2.25. The van der Waals surface area contributed by atoms with Crippen LogP contribution in [-0.4, -0.2) is 22.8 Å². The minimum absolute atomic E-state index is 0.258. The van der Waals surface area contributed by atoms with E-state index in [-0.39, 0.29) is 6.61 Å². The van der Waals surface area contributed by atoms with Crippen LogP contribution in [0.3, 0.4) is 0 Å². The van der Waals surface area contributed by atoms with Crippen molar-refractivity contribution in [2.45, 2.75) is 13.5 Å². The molecule has 2 aromatic carbocycles. The Kier molecular flexibility index (Phi) is 5.85. The molecule has 2 aromatic heterocycles. The lowest BCUT2D eigenvalue weighted by Gasteiger charge is -2.17. The van der Waals surface area contributed by atoms with Gasteiger partial charge in [0.2, 0.25) is 0 Å². The highest BCUT2D eigenvalue weighted by atomic mass is 16.5. The molecule has 30 heavy (non-hydrogen) atoms. The van der Waals surface area contributed by atoms with Crippen LogP contribution in [0.2, 0.25) is 0 Å². The SMILES string of the molecule is CCOC(=O)c1c(NCc2ccco2)nnc(-c2ccccc2)c1-c1ccccc1. The Hall–Kier alpha value is -3.93. The maximum Gasteiger partial charge on any atom is 0.342 e. The molecule has 4 aromatic rings. The van der Waals surface area contributed by atoms with E-state index in [1.54, 1.807) is 13.2 Å². The van der Waals surface area contributed by atoms with Crippen LogP contribution in [0.15, 0.2) is 83.5 Å². The molecule has 0 aliphatic rings. The number of rotatable bonds is 7. The van der Waals surface area contributed by atoms with Gasteiger partial charge in [-0.3, -0.25) is 0 Å². The lowest BCUT2D eigenvalue weighted by molar-refractivity contribution is 0.0528. The topological polar surface area (TPSA) is 77.2 Å². The van der Waals surface area contributed by atoms with Gasteiger partial charge in [-0.25, -0.2) is 4.79 Å². The fourth-order valence-corrected chi connectivity index (χ4v) is 3.23.